The topological polar surface area (TPSA) is 52.3 Å². The first-order chi connectivity index (χ1) is 9.17. The third kappa shape index (κ3) is 3.85. The number of benzene rings is 2. The molecule has 0 aliphatic heterocycles. The molecule has 2 N–H and O–H groups in total. The van der Waals surface area contributed by atoms with Crippen LogP contribution in [-0.4, -0.2) is 12.9 Å². The molecule has 3 nitrogen and oxygen atoms in total. The van der Waals surface area contributed by atoms with Gasteiger partial charge in [-0.3, -0.25) is 4.79 Å². The summed E-state index contributed by atoms with van der Waals surface area (Å²) < 4.78 is 5.14. The smallest absolute Gasteiger partial charge is 0.141 e. The molecule has 98 valence electrons. The van der Waals surface area contributed by atoms with E-state index < -0.39 is 0 Å². The predicted molar refractivity (Wildman–Crippen MR) is 76.3 cm³/mol. The number of nitrogens with two attached hydrogens (primary N) is 1. The van der Waals surface area contributed by atoms with E-state index in [1.807, 2.05) is 48.5 Å². The van der Waals surface area contributed by atoms with Gasteiger partial charge < -0.3 is 10.5 Å². The fraction of sp³-hybridized carbons (Fsp3) is 0.188. The summed E-state index contributed by atoms with van der Waals surface area (Å²) in [7, 11) is 1.62. The van der Waals surface area contributed by atoms with Gasteiger partial charge in [-0.05, 0) is 35.4 Å². The fourth-order valence-electron chi connectivity index (χ4n) is 2.00. The monoisotopic (exact) mass is 255 g/mol. The largest absolute Gasteiger partial charge is 0.497 e. The molecule has 0 fully saturated rings. The average molecular weight is 255 g/mol. The van der Waals surface area contributed by atoms with Gasteiger partial charge in [0.2, 0.25) is 0 Å². The van der Waals surface area contributed by atoms with Crippen molar-refractivity contribution in [3.8, 4) is 5.75 Å². The van der Waals surface area contributed by atoms with E-state index in [4.69, 9.17) is 10.5 Å². The van der Waals surface area contributed by atoms with Gasteiger partial charge >= 0.3 is 0 Å². The van der Waals surface area contributed by atoms with Crippen LogP contribution in [0.1, 0.15) is 11.1 Å². The number of ether oxygens (including phenoxy) is 1. The van der Waals surface area contributed by atoms with E-state index in [1.54, 1.807) is 7.11 Å². The van der Waals surface area contributed by atoms with E-state index in [0.717, 1.165) is 16.9 Å². The van der Waals surface area contributed by atoms with Crippen molar-refractivity contribution in [3.05, 3.63) is 59.7 Å². The molecule has 0 unspecified atom stereocenters. The van der Waals surface area contributed by atoms with Crippen LogP contribution in [-0.2, 0) is 17.6 Å². The van der Waals surface area contributed by atoms with E-state index >= 15 is 0 Å². The number of carbonyl (C=O) groups is 1. The standard InChI is InChI=1S/C16H17NO2/c1-19-16-7-3-5-13(11-16)10-15(18)9-12-4-2-6-14(17)8-12/h2-8,11H,9-10,17H2,1H3. The van der Waals surface area contributed by atoms with Gasteiger partial charge in [-0.1, -0.05) is 24.3 Å². The van der Waals surface area contributed by atoms with Crippen molar-refractivity contribution in [2.45, 2.75) is 12.8 Å². The minimum Gasteiger partial charge on any atom is -0.497 e. The fourth-order valence-corrected chi connectivity index (χ4v) is 2.00. The van der Waals surface area contributed by atoms with Crippen molar-refractivity contribution in [3.63, 3.8) is 0 Å². The molecule has 0 bridgehead atoms. The average Bonchev–Trinajstić information content (AvgIpc) is 2.38. The highest BCUT2D eigenvalue weighted by Gasteiger charge is 2.06. The van der Waals surface area contributed by atoms with Gasteiger partial charge in [-0.2, -0.15) is 0 Å². The highest BCUT2D eigenvalue weighted by atomic mass is 16.5. The first-order valence-corrected chi connectivity index (χ1v) is 6.16. The molecule has 2 aromatic carbocycles. The first kappa shape index (κ1) is 13.1. The predicted octanol–water partition coefficient (Wildman–Crippen LogP) is 2.63. The van der Waals surface area contributed by atoms with Crippen LogP contribution in [0.25, 0.3) is 0 Å². The summed E-state index contributed by atoms with van der Waals surface area (Å²) in [6.07, 6.45) is 0.814. The van der Waals surface area contributed by atoms with Crippen LogP contribution in [0, 0.1) is 0 Å². The number of carbonyl (C=O) groups excluding carboxylic acids is 1. The second-order valence-electron chi connectivity index (χ2n) is 4.49. The van der Waals surface area contributed by atoms with Crippen LogP contribution in [0.2, 0.25) is 0 Å². The summed E-state index contributed by atoms with van der Waals surface area (Å²) in [5, 5.41) is 0. The number of hydrogen-bond acceptors (Lipinski definition) is 3. The Morgan fingerprint density at radius 2 is 1.68 bits per heavy atom. The van der Waals surface area contributed by atoms with Crippen molar-refractivity contribution >= 4 is 11.5 Å². The van der Waals surface area contributed by atoms with Gasteiger partial charge in [0.25, 0.3) is 0 Å². The molecular weight excluding hydrogens is 238 g/mol. The molecule has 0 atom stereocenters. The van der Waals surface area contributed by atoms with E-state index in [-0.39, 0.29) is 5.78 Å². The second kappa shape index (κ2) is 6.05. The third-order valence-electron chi connectivity index (χ3n) is 2.89. The maximum absolute atomic E-state index is 12.0. The number of anilines is 1. The molecule has 2 rings (SSSR count). The van der Waals surface area contributed by atoms with Crippen molar-refractivity contribution in [2.75, 3.05) is 12.8 Å². The molecule has 2 aromatic rings. The highest BCUT2D eigenvalue weighted by molar-refractivity contribution is 5.83. The third-order valence-corrected chi connectivity index (χ3v) is 2.89. The molecule has 0 heterocycles. The molecule has 0 aliphatic rings. The number of ketones is 1. The van der Waals surface area contributed by atoms with Crippen LogP contribution in [0.4, 0.5) is 5.69 Å². The lowest BCUT2D eigenvalue weighted by atomic mass is 10.0. The second-order valence-corrected chi connectivity index (χ2v) is 4.49. The maximum atomic E-state index is 12.0. The van der Waals surface area contributed by atoms with Gasteiger partial charge in [-0.25, -0.2) is 0 Å². The quantitative estimate of drug-likeness (QED) is 0.836. The summed E-state index contributed by atoms with van der Waals surface area (Å²) in [4.78, 5) is 12.0. The zero-order valence-corrected chi connectivity index (χ0v) is 10.9. The van der Waals surface area contributed by atoms with Gasteiger partial charge in [0.05, 0.1) is 7.11 Å². The molecule has 19 heavy (non-hydrogen) atoms. The highest BCUT2D eigenvalue weighted by Crippen LogP contribution is 2.14. The lowest BCUT2D eigenvalue weighted by molar-refractivity contribution is -0.117. The Labute approximate surface area is 113 Å². The summed E-state index contributed by atoms with van der Waals surface area (Å²) >= 11 is 0. The van der Waals surface area contributed by atoms with Gasteiger partial charge in [0, 0.05) is 18.5 Å². The number of rotatable bonds is 5. The Morgan fingerprint density at radius 3 is 2.32 bits per heavy atom. The van der Waals surface area contributed by atoms with Gasteiger partial charge in [0.15, 0.2) is 0 Å². The Bertz CT molecular complexity index is 578. The number of Topliss-reactive ketones (excluding diaryl/α,β-unsaturated/α-hetero) is 1. The molecule has 0 saturated heterocycles. The summed E-state index contributed by atoms with van der Waals surface area (Å²) in [5.74, 6) is 0.938. The minimum atomic E-state index is 0.166. The molecule has 0 spiro atoms. The summed E-state index contributed by atoms with van der Waals surface area (Å²) in [6, 6.07) is 15.0. The Hall–Kier alpha value is -2.29. The Morgan fingerprint density at radius 1 is 1.05 bits per heavy atom. The molecule has 0 saturated carbocycles. The van der Waals surface area contributed by atoms with Crippen molar-refractivity contribution in [1.29, 1.82) is 0 Å². The van der Waals surface area contributed by atoms with Gasteiger partial charge in [-0.15, -0.1) is 0 Å². The minimum absolute atomic E-state index is 0.166. The normalized spacial score (nSPS) is 10.2. The summed E-state index contributed by atoms with van der Waals surface area (Å²) in [6.45, 7) is 0. The Balaban J connectivity index is 2.01. The van der Waals surface area contributed by atoms with Crippen LogP contribution in [0.15, 0.2) is 48.5 Å². The molecule has 0 amide bonds. The van der Waals surface area contributed by atoms with Crippen LogP contribution in [0.3, 0.4) is 0 Å². The van der Waals surface area contributed by atoms with Crippen LogP contribution >= 0.6 is 0 Å². The van der Waals surface area contributed by atoms with E-state index in [2.05, 4.69) is 0 Å². The van der Waals surface area contributed by atoms with Crippen molar-refractivity contribution in [1.82, 2.24) is 0 Å². The SMILES string of the molecule is COc1cccc(CC(=O)Cc2cccc(N)c2)c1. The molecule has 0 aliphatic carbocycles. The molecule has 0 radical (unpaired) electrons. The lowest BCUT2D eigenvalue weighted by Crippen LogP contribution is -2.07. The molecule has 3 heteroatoms. The maximum Gasteiger partial charge on any atom is 0.141 e. The van der Waals surface area contributed by atoms with Crippen LogP contribution in [0.5, 0.6) is 5.75 Å². The zero-order valence-electron chi connectivity index (χ0n) is 10.9. The number of methoxy groups -OCH3 is 1. The van der Waals surface area contributed by atoms with Crippen molar-refractivity contribution < 1.29 is 9.53 Å². The molecule has 0 aromatic heterocycles. The zero-order chi connectivity index (χ0) is 13.7. The van der Waals surface area contributed by atoms with Gasteiger partial charge in [0.1, 0.15) is 11.5 Å². The number of hydrogen-bond donors (Lipinski definition) is 1. The van der Waals surface area contributed by atoms with E-state index in [1.165, 1.54) is 0 Å². The van der Waals surface area contributed by atoms with Crippen LogP contribution < -0.4 is 10.5 Å². The van der Waals surface area contributed by atoms with E-state index in [0.29, 0.717) is 18.5 Å². The van der Waals surface area contributed by atoms with Crippen molar-refractivity contribution in [2.24, 2.45) is 0 Å². The Kier molecular flexibility index (Phi) is 4.18. The van der Waals surface area contributed by atoms with E-state index in [9.17, 15) is 4.79 Å². The first-order valence-electron chi connectivity index (χ1n) is 6.16. The lowest BCUT2D eigenvalue weighted by Gasteiger charge is -2.05. The number of nitrogen functional groups attached to an aromatic ring is 1. The molecular formula is C16H17NO2. The summed E-state index contributed by atoms with van der Waals surface area (Å²) in [5.41, 5.74) is 8.30.